The van der Waals surface area contributed by atoms with Gasteiger partial charge in [0.2, 0.25) is 0 Å². The summed E-state index contributed by atoms with van der Waals surface area (Å²) in [5.41, 5.74) is 5.05. The summed E-state index contributed by atoms with van der Waals surface area (Å²) in [7, 11) is 2.07. The van der Waals surface area contributed by atoms with Gasteiger partial charge in [0.05, 0.1) is 17.5 Å². The van der Waals surface area contributed by atoms with Crippen molar-refractivity contribution in [2.45, 2.75) is 20.4 Å². The highest BCUT2D eigenvalue weighted by Crippen LogP contribution is 2.22. The first-order valence-electron chi connectivity index (χ1n) is 12.5. The SMILES string of the molecule is CCN(CC)CCN(C)Cc1cccc(C(=O)Nc2ccc(Cl)cc2C(=O)NN=Cc2cccc(O)c2)c1. The third-order valence-electron chi connectivity index (χ3n) is 6.06. The zero-order valence-corrected chi connectivity index (χ0v) is 22.7. The summed E-state index contributed by atoms with van der Waals surface area (Å²) < 4.78 is 0. The van der Waals surface area contributed by atoms with Gasteiger partial charge in [0.15, 0.2) is 0 Å². The van der Waals surface area contributed by atoms with Crippen molar-refractivity contribution in [2.24, 2.45) is 5.10 Å². The van der Waals surface area contributed by atoms with E-state index in [0.717, 1.165) is 31.7 Å². The fourth-order valence-electron chi connectivity index (χ4n) is 3.89. The van der Waals surface area contributed by atoms with E-state index in [-0.39, 0.29) is 17.2 Å². The lowest BCUT2D eigenvalue weighted by Crippen LogP contribution is -2.32. The number of carbonyl (C=O) groups is 2. The molecule has 200 valence electrons. The Balaban J connectivity index is 1.67. The number of likely N-dealkylation sites (N-methyl/N-ethyl adjacent to an activating group) is 2. The Kier molecular flexibility index (Phi) is 10.8. The summed E-state index contributed by atoms with van der Waals surface area (Å²) >= 11 is 6.13. The van der Waals surface area contributed by atoms with Gasteiger partial charge in [-0.2, -0.15) is 5.10 Å². The summed E-state index contributed by atoms with van der Waals surface area (Å²) in [4.78, 5) is 30.5. The number of amides is 2. The molecule has 0 aromatic heterocycles. The monoisotopic (exact) mass is 535 g/mol. The number of aromatic hydroxyl groups is 1. The average Bonchev–Trinajstić information content (AvgIpc) is 2.90. The molecule has 0 aliphatic rings. The number of halogens is 1. The maximum Gasteiger partial charge on any atom is 0.273 e. The largest absolute Gasteiger partial charge is 0.508 e. The Morgan fingerprint density at radius 2 is 1.74 bits per heavy atom. The molecule has 0 fully saturated rings. The predicted octanol–water partition coefficient (Wildman–Crippen LogP) is 4.84. The molecular weight excluding hydrogens is 502 g/mol. The third-order valence-corrected chi connectivity index (χ3v) is 6.29. The quantitative estimate of drug-likeness (QED) is 0.228. The first-order chi connectivity index (χ1) is 18.3. The van der Waals surface area contributed by atoms with Crippen molar-refractivity contribution < 1.29 is 14.7 Å². The van der Waals surface area contributed by atoms with E-state index in [0.29, 0.717) is 28.4 Å². The van der Waals surface area contributed by atoms with E-state index >= 15 is 0 Å². The van der Waals surface area contributed by atoms with Crippen molar-refractivity contribution in [3.05, 3.63) is 94.0 Å². The van der Waals surface area contributed by atoms with Gasteiger partial charge in [-0.3, -0.25) is 9.59 Å². The second kappa shape index (κ2) is 14.3. The molecule has 38 heavy (non-hydrogen) atoms. The van der Waals surface area contributed by atoms with Crippen LogP contribution in [-0.2, 0) is 6.54 Å². The van der Waals surface area contributed by atoms with Gasteiger partial charge >= 0.3 is 0 Å². The number of hydrazone groups is 1. The molecule has 0 aliphatic carbocycles. The molecule has 0 saturated heterocycles. The molecule has 0 saturated carbocycles. The topological polar surface area (TPSA) is 97.3 Å². The molecule has 0 aliphatic heterocycles. The molecule has 0 spiro atoms. The van der Waals surface area contributed by atoms with Gasteiger partial charge < -0.3 is 20.2 Å². The van der Waals surface area contributed by atoms with Crippen LogP contribution in [0.25, 0.3) is 0 Å². The molecule has 3 N–H and O–H groups in total. The second-order valence-electron chi connectivity index (χ2n) is 8.90. The highest BCUT2D eigenvalue weighted by molar-refractivity contribution is 6.31. The van der Waals surface area contributed by atoms with Crippen molar-refractivity contribution in [2.75, 3.05) is 38.5 Å². The Bertz CT molecular complexity index is 1280. The first-order valence-corrected chi connectivity index (χ1v) is 12.9. The second-order valence-corrected chi connectivity index (χ2v) is 9.34. The molecule has 3 aromatic rings. The van der Waals surface area contributed by atoms with Crippen LogP contribution in [0.1, 0.15) is 45.7 Å². The number of phenolic OH excluding ortho intramolecular Hbond substituents is 1. The van der Waals surface area contributed by atoms with Crippen LogP contribution in [-0.4, -0.2) is 66.2 Å². The van der Waals surface area contributed by atoms with Crippen molar-refractivity contribution in [3.63, 3.8) is 0 Å². The lowest BCUT2D eigenvalue weighted by atomic mass is 10.1. The fourth-order valence-corrected chi connectivity index (χ4v) is 4.06. The molecule has 0 heterocycles. The Hall–Kier alpha value is -3.72. The Morgan fingerprint density at radius 1 is 0.974 bits per heavy atom. The van der Waals surface area contributed by atoms with Crippen LogP contribution >= 0.6 is 11.6 Å². The predicted molar refractivity (Wildman–Crippen MR) is 153 cm³/mol. The van der Waals surface area contributed by atoms with E-state index in [1.807, 2.05) is 18.2 Å². The molecule has 0 atom stereocenters. The van der Waals surface area contributed by atoms with E-state index in [9.17, 15) is 14.7 Å². The number of nitrogens with zero attached hydrogens (tertiary/aromatic N) is 3. The molecule has 8 nitrogen and oxygen atoms in total. The van der Waals surface area contributed by atoms with Gasteiger partial charge in [-0.05, 0) is 73.7 Å². The third kappa shape index (κ3) is 8.69. The van der Waals surface area contributed by atoms with Gasteiger partial charge in [-0.15, -0.1) is 0 Å². The molecule has 0 bridgehead atoms. The Morgan fingerprint density at radius 3 is 2.47 bits per heavy atom. The number of carbonyl (C=O) groups excluding carboxylic acids is 2. The number of phenols is 1. The number of nitrogens with one attached hydrogen (secondary N) is 2. The summed E-state index contributed by atoms with van der Waals surface area (Å²) in [6, 6.07) is 18.6. The van der Waals surface area contributed by atoms with Crippen molar-refractivity contribution in [1.82, 2.24) is 15.2 Å². The van der Waals surface area contributed by atoms with Crippen molar-refractivity contribution in [3.8, 4) is 5.75 Å². The van der Waals surface area contributed by atoms with E-state index in [2.05, 4.69) is 46.5 Å². The Labute approximate surface area is 228 Å². The van der Waals surface area contributed by atoms with Crippen molar-refractivity contribution >= 4 is 35.3 Å². The number of hydrogen-bond acceptors (Lipinski definition) is 6. The number of rotatable bonds is 12. The molecule has 3 rings (SSSR count). The number of hydrogen-bond donors (Lipinski definition) is 3. The van der Waals surface area contributed by atoms with Crippen LogP contribution in [0.3, 0.4) is 0 Å². The van der Waals surface area contributed by atoms with Crippen LogP contribution in [0.2, 0.25) is 5.02 Å². The smallest absolute Gasteiger partial charge is 0.273 e. The van der Waals surface area contributed by atoms with Gasteiger partial charge in [-0.1, -0.05) is 49.7 Å². The lowest BCUT2D eigenvalue weighted by Gasteiger charge is -2.23. The summed E-state index contributed by atoms with van der Waals surface area (Å²) in [5.74, 6) is -0.782. The van der Waals surface area contributed by atoms with Gasteiger partial charge in [0, 0.05) is 30.2 Å². The fraction of sp³-hybridized carbons (Fsp3) is 0.276. The summed E-state index contributed by atoms with van der Waals surface area (Å²) in [6.45, 7) is 8.99. The van der Waals surface area contributed by atoms with E-state index in [1.165, 1.54) is 24.4 Å². The van der Waals surface area contributed by atoms with Crippen LogP contribution < -0.4 is 10.7 Å². The van der Waals surface area contributed by atoms with Gasteiger partial charge in [0.1, 0.15) is 5.75 Å². The highest BCUT2D eigenvalue weighted by Gasteiger charge is 2.16. The van der Waals surface area contributed by atoms with E-state index in [4.69, 9.17) is 11.6 Å². The molecular formula is C29H34ClN5O3. The standard InChI is InChI=1S/C29H34ClN5O3/c1-4-35(5-2)15-14-34(3)20-22-9-6-10-23(16-22)28(37)32-27-13-12-24(30)18-26(27)29(38)33-31-19-21-8-7-11-25(36)17-21/h6-13,16-19,36H,4-5,14-15,20H2,1-3H3,(H,32,37)(H,33,38). The zero-order valence-electron chi connectivity index (χ0n) is 21.9. The maximum atomic E-state index is 13.1. The molecule has 0 radical (unpaired) electrons. The van der Waals surface area contributed by atoms with E-state index < -0.39 is 5.91 Å². The minimum atomic E-state index is -0.539. The number of benzene rings is 3. The normalized spacial score (nSPS) is 11.3. The van der Waals surface area contributed by atoms with Gasteiger partial charge in [0.25, 0.3) is 11.8 Å². The minimum Gasteiger partial charge on any atom is -0.508 e. The molecule has 9 heteroatoms. The minimum absolute atomic E-state index is 0.0930. The summed E-state index contributed by atoms with van der Waals surface area (Å²) in [6.07, 6.45) is 1.41. The van der Waals surface area contributed by atoms with Crippen LogP contribution in [0.5, 0.6) is 5.75 Å². The van der Waals surface area contributed by atoms with Crippen LogP contribution in [0, 0.1) is 0 Å². The highest BCUT2D eigenvalue weighted by atomic mass is 35.5. The molecule has 3 aromatic carbocycles. The number of anilines is 1. The van der Waals surface area contributed by atoms with Gasteiger partial charge in [-0.25, -0.2) is 5.43 Å². The average molecular weight is 536 g/mol. The van der Waals surface area contributed by atoms with Crippen molar-refractivity contribution in [1.29, 1.82) is 0 Å². The van der Waals surface area contributed by atoms with Crippen LogP contribution in [0.4, 0.5) is 5.69 Å². The summed E-state index contributed by atoms with van der Waals surface area (Å²) in [5, 5.41) is 16.7. The first kappa shape index (κ1) is 28.8. The molecule has 2 amide bonds. The van der Waals surface area contributed by atoms with E-state index in [1.54, 1.807) is 30.3 Å². The van der Waals surface area contributed by atoms with Crippen LogP contribution in [0.15, 0.2) is 71.8 Å². The maximum absolute atomic E-state index is 13.1. The molecule has 0 unspecified atom stereocenters. The zero-order chi connectivity index (χ0) is 27.5. The lowest BCUT2D eigenvalue weighted by molar-refractivity contribution is 0.0956.